The predicted octanol–water partition coefficient (Wildman–Crippen LogP) is 5.04. The SMILES string of the molecule is c1ccc(COc2nsc(-c3ccncc3)c2-c2ccoc2)cc1. The number of nitrogens with zero attached hydrogens (tertiary/aromatic N) is 2. The topological polar surface area (TPSA) is 48.2 Å². The summed E-state index contributed by atoms with van der Waals surface area (Å²) in [6.45, 7) is 0.477. The summed E-state index contributed by atoms with van der Waals surface area (Å²) in [5.41, 5.74) is 4.08. The van der Waals surface area contributed by atoms with Gasteiger partial charge in [0.1, 0.15) is 6.61 Å². The van der Waals surface area contributed by atoms with Gasteiger partial charge in [-0.25, -0.2) is 0 Å². The molecule has 0 saturated carbocycles. The first kappa shape index (κ1) is 14.7. The number of benzene rings is 1. The molecule has 0 N–H and O–H groups in total. The molecule has 0 spiro atoms. The van der Waals surface area contributed by atoms with Gasteiger partial charge in [0.05, 0.1) is 23.0 Å². The highest BCUT2D eigenvalue weighted by atomic mass is 32.1. The van der Waals surface area contributed by atoms with E-state index in [1.165, 1.54) is 11.5 Å². The number of hydrogen-bond acceptors (Lipinski definition) is 5. The predicted molar refractivity (Wildman–Crippen MR) is 93.8 cm³/mol. The number of pyridine rings is 1. The molecule has 0 fully saturated rings. The second-order valence-corrected chi connectivity index (χ2v) is 5.99. The molecule has 0 aliphatic carbocycles. The molecule has 0 saturated heterocycles. The van der Waals surface area contributed by atoms with Crippen molar-refractivity contribution < 1.29 is 9.15 Å². The Hall–Kier alpha value is -2.92. The minimum absolute atomic E-state index is 0.477. The van der Waals surface area contributed by atoms with E-state index in [1.807, 2.05) is 48.5 Å². The Kier molecular flexibility index (Phi) is 4.08. The summed E-state index contributed by atoms with van der Waals surface area (Å²) in [6.07, 6.45) is 6.92. The van der Waals surface area contributed by atoms with E-state index in [2.05, 4.69) is 9.36 Å². The van der Waals surface area contributed by atoms with Crippen molar-refractivity contribution in [3.8, 4) is 27.4 Å². The summed E-state index contributed by atoms with van der Waals surface area (Å²) in [4.78, 5) is 5.12. The van der Waals surface area contributed by atoms with Gasteiger partial charge in [-0.3, -0.25) is 4.98 Å². The minimum Gasteiger partial charge on any atom is -0.472 e. The minimum atomic E-state index is 0.477. The summed E-state index contributed by atoms with van der Waals surface area (Å²) >= 11 is 1.42. The molecule has 0 amide bonds. The Morgan fingerprint density at radius 3 is 2.54 bits per heavy atom. The molecule has 4 aromatic rings. The largest absolute Gasteiger partial charge is 0.472 e. The van der Waals surface area contributed by atoms with E-state index in [1.54, 1.807) is 24.9 Å². The van der Waals surface area contributed by atoms with Gasteiger partial charge in [-0.1, -0.05) is 30.3 Å². The van der Waals surface area contributed by atoms with Crippen LogP contribution in [0.5, 0.6) is 5.88 Å². The molecular formula is C19H14N2O2S. The molecule has 0 aliphatic heterocycles. The third-order valence-electron chi connectivity index (χ3n) is 3.63. The molecule has 0 bridgehead atoms. The summed E-state index contributed by atoms with van der Waals surface area (Å²) in [5, 5.41) is 0. The number of hydrogen-bond donors (Lipinski definition) is 0. The Bertz CT molecular complexity index is 903. The highest BCUT2D eigenvalue weighted by Crippen LogP contribution is 2.42. The van der Waals surface area contributed by atoms with Gasteiger partial charge in [0.2, 0.25) is 5.88 Å². The number of furan rings is 1. The second-order valence-electron chi connectivity index (χ2n) is 5.21. The van der Waals surface area contributed by atoms with Crippen LogP contribution in [-0.2, 0) is 6.61 Å². The Morgan fingerprint density at radius 2 is 1.79 bits per heavy atom. The van der Waals surface area contributed by atoms with Gasteiger partial charge < -0.3 is 9.15 Å². The molecule has 0 radical (unpaired) electrons. The maximum Gasteiger partial charge on any atom is 0.234 e. The Balaban J connectivity index is 1.71. The zero-order valence-corrected chi connectivity index (χ0v) is 13.6. The third-order valence-corrected chi connectivity index (χ3v) is 4.51. The fourth-order valence-corrected chi connectivity index (χ4v) is 3.32. The monoisotopic (exact) mass is 334 g/mol. The Labute approximate surface area is 143 Å². The first-order valence-corrected chi connectivity index (χ1v) is 8.28. The third kappa shape index (κ3) is 2.94. The van der Waals surface area contributed by atoms with Crippen molar-refractivity contribution in [2.45, 2.75) is 6.61 Å². The van der Waals surface area contributed by atoms with Gasteiger partial charge in [-0.2, -0.15) is 4.37 Å². The lowest BCUT2D eigenvalue weighted by atomic mass is 10.1. The lowest BCUT2D eigenvalue weighted by molar-refractivity contribution is 0.298. The molecule has 0 atom stereocenters. The lowest BCUT2D eigenvalue weighted by Crippen LogP contribution is -1.96. The lowest BCUT2D eigenvalue weighted by Gasteiger charge is -2.07. The van der Waals surface area contributed by atoms with Crippen LogP contribution in [0.25, 0.3) is 21.6 Å². The molecule has 3 heterocycles. The van der Waals surface area contributed by atoms with Crippen molar-refractivity contribution in [2.24, 2.45) is 0 Å². The summed E-state index contributed by atoms with van der Waals surface area (Å²) in [5.74, 6) is 0.622. The van der Waals surface area contributed by atoms with Crippen LogP contribution >= 0.6 is 11.5 Å². The highest BCUT2D eigenvalue weighted by Gasteiger charge is 2.19. The molecule has 5 heteroatoms. The van der Waals surface area contributed by atoms with E-state index in [4.69, 9.17) is 9.15 Å². The van der Waals surface area contributed by atoms with Crippen LogP contribution < -0.4 is 4.74 Å². The van der Waals surface area contributed by atoms with E-state index in [0.29, 0.717) is 12.5 Å². The maximum absolute atomic E-state index is 5.99. The average Bonchev–Trinajstić information content (AvgIpc) is 3.31. The van der Waals surface area contributed by atoms with Crippen LogP contribution in [0.15, 0.2) is 77.9 Å². The van der Waals surface area contributed by atoms with Gasteiger partial charge in [-0.05, 0) is 40.9 Å². The van der Waals surface area contributed by atoms with Crippen molar-refractivity contribution in [3.05, 3.63) is 79.0 Å². The smallest absolute Gasteiger partial charge is 0.234 e. The van der Waals surface area contributed by atoms with Crippen molar-refractivity contribution >= 4 is 11.5 Å². The Morgan fingerprint density at radius 1 is 0.958 bits per heavy atom. The van der Waals surface area contributed by atoms with Crippen LogP contribution in [0.3, 0.4) is 0 Å². The highest BCUT2D eigenvalue weighted by molar-refractivity contribution is 7.10. The van der Waals surface area contributed by atoms with E-state index in [-0.39, 0.29) is 0 Å². The average molecular weight is 334 g/mol. The van der Waals surface area contributed by atoms with Crippen molar-refractivity contribution in [2.75, 3.05) is 0 Å². The fraction of sp³-hybridized carbons (Fsp3) is 0.0526. The molecule has 24 heavy (non-hydrogen) atoms. The molecule has 0 aliphatic rings. The van der Waals surface area contributed by atoms with Gasteiger partial charge in [0.15, 0.2) is 0 Å². The fourth-order valence-electron chi connectivity index (χ4n) is 2.46. The summed E-state index contributed by atoms with van der Waals surface area (Å²) in [7, 11) is 0. The molecule has 0 unspecified atom stereocenters. The van der Waals surface area contributed by atoms with Crippen LogP contribution in [0.4, 0.5) is 0 Å². The molecule has 3 aromatic heterocycles. The second kappa shape index (κ2) is 6.68. The van der Waals surface area contributed by atoms with Crippen LogP contribution in [-0.4, -0.2) is 9.36 Å². The molecule has 4 nitrogen and oxygen atoms in total. The van der Waals surface area contributed by atoms with Gasteiger partial charge in [0.25, 0.3) is 0 Å². The molecular weight excluding hydrogens is 320 g/mol. The number of aromatic nitrogens is 2. The number of ether oxygens (including phenoxy) is 1. The molecule has 118 valence electrons. The van der Waals surface area contributed by atoms with Gasteiger partial charge in [-0.15, -0.1) is 0 Å². The van der Waals surface area contributed by atoms with Crippen molar-refractivity contribution in [1.82, 2.24) is 9.36 Å². The zero-order chi connectivity index (χ0) is 16.2. The zero-order valence-electron chi connectivity index (χ0n) is 12.8. The maximum atomic E-state index is 5.99. The van der Waals surface area contributed by atoms with Crippen LogP contribution in [0.2, 0.25) is 0 Å². The van der Waals surface area contributed by atoms with Gasteiger partial charge >= 0.3 is 0 Å². The molecule has 4 rings (SSSR count). The molecule has 1 aromatic carbocycles. The van der Waals surface area contributed by atoms with Gasteiger partial charge in [0, 0.05) is 18.0 Å². The van der Waals surface area contributed by atoms with E-state index < -0.39 is 0 Å². The van der Waals surface area contributed by atoms with Crippen molar-refractivity contribution in [3.63, 3.8) is 0 Å². The normalized spacial score (nSPS) is 10.7. The van der Waals surface area contributed by atoms with Crippen molar-refractivity contribution in [1.29, 1.82) is 0 Å². The van der Waals surface area contributed by atoms with E-state index in [9.17, 15) is 0 Å². The van der Waals surface area contributed by atoms with E-state index >= 15 is 0 Å². The summed E-state index contributed by atoms with van der Waals surface area (Å²) in [6, 6.07) is 15.9. The standard InChI is InChI=1S/C19H14N2O2S/c1-2-4-14(5-3-1)12-23-19-17(16-8-11-22-13-16)18(24-21-19)15-6-9-20-10-7-15/h1-11,13H,12H2. The quantitative estimate of drug-likeness (QED) is 0.513. The first-order chi connectivity index (χ1) is 11.9. The number of rotatable bonds is 5. The van der Waals surface area contributed by atoms with Crippen LogP contribution in [0, 0.1) is 0 Å². The van der Waals surface area contributed by atoms with E-state index in [0.717, 1.165) is 27.1 Å². The first-order valence-electron chi connectivity index (χ1n) is 7.51. The van der Waals surface area contributed by atoms with Crippen LogP contribution in [0.1, 0.15) is 5.56 Å². The summed E-state index contributed by atoms with van der Waals surface area (Å²) < 4.78 is 15.8.